The van der Waals surface area contributed by atoms with Crippen molar-refractivity contribution in [3.05, 3.63) is 15.6 Å². The number of hydrogen-bond acceptors (Lipinski definition) is 3. The Bertz CT molecular complexity index is 392. The highest BCUT2D eigenvalue weighted by Crippen LogP contribution is 2.34. The van der Waals surface area contributed by atoms with Gasteiger partial charge in [0.2, 0.25) is 0 Å². The zero-order chi connectivity index (χ0) is 12.3. The topological polar surface area (TPSA) is 50.2 Å². The van der Waals surface area contributed by atoms with Gasteiger partial charge in [0.1, 0.15) is 0 Å². The van der Waals surface area contributed by atoms with Crippen LogP contribution in [0, 0.1) is 6.92 Å². The maximum absolute atomic E-state index is 11.0. The van der Waals surface area contributed by atoms with Gasteiger partial charge < -0.3 is 5.11 Å². The molecule has 0 aromatic carbocycles. The molecule has 0 amide bonds. The first kappa shape index (κ1) is 12.6. The van der Waals surface area contributed by atoms with E-state index in [9.17, 15) is 4.79 Å². The van der Waals surface area contributed by atoms with Crippen molar-refractivity contribution in [1.82, 2.24) is 4.98 Å². The average Bonchev–Trinajstić information content (AvgIpc) is 2.59. The summed E-state index contributed by atoms with van der Waals surface area (Å²) in [5.74, 6) is -0.400. The molecule has 1 heterocycles. The smallest absolute Gasteiger partial charge is 0.355 e. The Hall–Kier alpha value is -0.900. The Morgan fingerprint density at radius 2 is 1.82 bits per heavy atom. The summed E-state index contributed by atoms with van der Waals surface area (Å²) in [6, 6.07) is 0. The van der Waals surface area contributed by atoms with Gasteiger partial charge in [0.25, 0.3) is 0 Å². The van der Waals surface area contributed by atoms with Gasteiger partial charge in [0, 0.05) is 10.8 Å². The first-order valence-corrected chi connectivity index (χ1v) is 7.20. The first-order chi connectivity index (χ1) is 8.18. The third-order valence-corrected chi connectivity index (χ3v) is 4.60. The van der Waals surface area contributed by atoms with Crippen molar-refractivity contribution in [2.45, 2.75) is 57.8 Å². The Morgan fingerprint density at radius 3 is 2.35 bits per heavy atom. The molecule has 0 bridgehead atoms. The highest BCUT2D eigenvalue weighted by atomic mass is 32.1. The van der Waals surface area contributed by atoms with Crippen LogP contribution in [0.3, 0.4) is 0 Å². The highest BCUT2D eigenvalue weighted by molar-refractivity contribution is 7.11. The van der Waals surface area contributed by atoms with E-state index in [1.54, 1.807) is 11.3 Å². The molecule has 1 aromatic rings. The van der Waals surface area contributed by atoms with Crippen LogP contribution in [0.4, 0.5) is 0 Å². The molecule has 4 heteroatoms. The van der Waals surface area contributed by atoms with Crippen molar-refractivity contribution in [2.24, 2.45) is 0 Å². The fourth-order valence-electron chi connectivity index (χ4n) is 2.49. The van der Waals surface area contributed by atoms with E-state index >= 15 is 0 Å². The Balaban J connectivity index is 2.14. The van der Waals surface area contributed by atoms with Gasteiger partial charge in [0.05, 0.1) is 5.01 Å². The van der Waals surface area contributed by atoms with Gasteiger partial charge in [-0.1, -0.05) is 32.1 Å². The zero-order valence-electron chi connectivity index (χ0n) is 10.2. The molecular weight excluding hydrogens is 234 g/mol. The molecular formula is C13H19NO2S. The standard InChI is InChI=1S/C13H19NO2S/c1-9-11(13(15)16)14-12(17-9)10-7-5-3-2-4-6-8-10/h10H,2-8H2,1H3,(H,15,16). The summed E-state index contributed by atoms with van der Waals surface area (Å²) in [5.41, 5.74) is 0.257. The average molecular weight is 253 g/mol. The zero-order valence-corrected chi connectivity index (χ0v) is 11.1. The first-order valence-electron chi connectivity index (χ1n) is 6.39. The summed E-state index contributed by atoms with van der Waals surface area (Å²) in [4.78, 5) is 16.2. The van der Waals surface area contributed by atoms with Crippen LogP contribution in [0.15, 0.2) is 0 Å². The summed E-state index contributed by atoms with van der Waals surface area (Å²) in [6.45, 7) is 1.85. The number of rotatable bonds is 2. The number of carbonyl (C=O) groups is 1. The largest absolute Gasteiger partial charge is 0.476 e. The monoisotopic (exact) mass is 253 g/mol. The van der Waals surface area contributed by atoms with Crippen molar-refractivity contribution in [2.75, 3.05) is 0 Å². The second kappa shape index (κ2) is 5.63. The Labute approximate surface area is 106 Å². The third-order valence-electron chi connectivity index (χ3n) is 3.47. The number of carboxylic acids is 1. The van der Waals surface area contributed by atoms with Gasteiger partial charge in [-0.2, -0.15) is 0 Å². The van der Waals surface area contributed by atoms with E-state index in [1.807, 2.05) is 6.92 Å². The Morgan fingerprint density at radius 1 is 1.24 bits per heavy atom. The van der Waals surface area contributed by atoms with E-state index in [4.69, 9.17) is 5.11 Å². The van der Waals surface area contributed by atoms with Crippen LogP contribution in [-0.4, -0.2) is 16.1 Å². The normalized spacial score (nSPS) is 18.6. The molecule has 0 aliphatic heterocycles. The van der Waals surface area contributed by atoms with E-state index in [0.29, 0.717) is 5.92 Å². The molecule has 1 N–H and O–H groups in total. The van der Waals surface area contributed by atoms with Crippen molar-refractivity contribution < 1.29 is 9.90 Å². The van der Waals surface area contributed by atoms with Gasteiger partial charge >= 0.3 is 5.97 Å². The van der Waals surface area contributed by atoms with Crippen LogP contribution in [0.25, 0.3) is 0 Å². The van der Waals surface area contributed by atoms with E-state index in [2.05, 4.69) is 4.98 Å². The van der Waals surface area contributed by atoms with Crippen LogP contribution in [-0.2, 0) is 0 Å². The molecule has 3 nitrogen and oxygen atoms in total. The van der Waals surface area contributed by atoms with Crippen LogP contribution < -0.4 is 0 Å². The predicted molar refractivity (Wildman–Crippen MR) is 68.9 cm³/mol. The minimum Gasteiger partial charge on any atom is -0.476 e. The highest BCUT2D eigenvalue weighted by Gasteiger charge is 2.21. The van der Waals surface area contributed by atoms with Crippen LogP contribution in [0.2, 0.25) is 0 Å². The molecule has 2 rings (SSSR count). The number of aryl methyl sites for hydroxylation is 1. The second-order valence-electron chi connectivity index (χ2n) is 4.80. The quantitative estimate of drug-likeness (QED) is 0.867. The van der Waals surface area contributed by atoms with Crippen LogP contribution in [0.5, 0.6) is 0 Å². The summed E-state index contributed by atoms with van der Waals surface area (Å²) in [5, 5.41) is 10.1. The predicted octanol–water partition coefficient (Wildman–Crippen LogP) is 3.98. The minimum absolute atomic E-state index is 0.257. The maximum atomic E-state index is 11.0. The lowest BCUT2D eigenvalue weighted by Gasteiger charge is -2.17. The van der Waals surface area contributed by atoms with Gasteiger partial charge in [-0.25, -0.2) is 9.78 Å². The van der Waals surface area contributed by atoms with Crippen molar-refractivity contribution in [3.63, 3.8) is 0 Å². The molecule has 17 heavy (non-hydrogen) atoms. The maximum Gasteiger partial charge on any atom is 0.355 e. The summed E-state index contributed by atoms with van der Waals surface area (Å²) < 4.78 is 0. The number of nitrogens with zero attached hydrogens (tertiary/aromatic N) is 1. The van der Waals surface area contributed by atoms with Gasteiger partial charge in [0.15, 0.2) is 5.69 Å². The van der Waals surface area contributed by atoms with Gasteiger partial charge in [-0.3, -0.25) is 0 Å². The molecule has 0 unspecified atom stereocenters. The molecule has 1 aliphatic rings. The fourth-order valence-corrected chi connectivity index (χ4v) is 3.58. The van der Waals surface area contributed by atoms with E-state index in [-0.39, 0.29) is 5.69 Å². The molecule has 0 saturated heterocycles. The van der Waals surface area contributed by atoms with Gasteiger partial charge in [-0.15, -0.1) is 11.3 Å². The molecule has 1 aliphatic carbocycles. The molecule has 1 aromatic heterocycles. The molecule has 1 saturated carbocycles. The fraction of sp³-hybridized carbons (Fsp3) is 0.692. The molecule has 94 valence electrons. The molecule has 1 fully saturated rings. The third kappa shape index (κ3) is 3.06. The van der Waals surface area contributed by atoms with E-state index in [0.717, 1.165) is 9.88 Å². The number of thiazole rings is 1. The SMILES string of the molecule is Cc1sc(C2CCCCCCC2)nc1C(=O)O. The molecule has 0 atom stereocenters. The summed E-state index contributed by atoms with van der Waals surface area (Å²) in [7, 11) is 0. The van der Waals surface area contributed by atoms with E-state index < -0.39 is 5.97 Å². The van der Waals surface area contributed by atoms with Crippen LogP contribution in [0.1, 0.15) is 71.2 Å². The van der Waals surface area contributed by atoms with Crippen molar-refractivity contribution in [1.29, 1.82) is 0 Å². The molecule has 0 spiro atoms. The van der Waals surface area contributed by atoms with E-state index in [1.165, 1.54) is 44.9 Å². The number of aromatic nitrogens is 1. The molecule has 0 radical (unpaired) electrons. The lowest BCUT2D eigenvalue weighted by molar-refractivity contribution is 0.0690. The summed E-state index contributed by atoms with van der Waals surface area (Å²) >= 11 is 1.57. The number of carboxylic acid groups (broad SMARTS) is 1. The lowest BCUT2D eigenvalue weighted by atomic mass is 9.92. The minimum atomic E-state index is -0.893. The number of aromatic carboxylic acids is 1. The van der Waals surface area contributed by atoms with Crippen LogP contribution >= 0.6 is 11.3 Å². The number of hydrogen-bond donors (Lipinski definition) is 1. The van der Waals surface area contributed by atoms with Gasteiger partial charge in [-0.05, 0) is 19.8 Å². The second-order valence-corrected chi connectivity index (χ2v) is 6.04. The van der Waals surface area contributed by atoms with Crippen molar-refractivity contribution >= 4 is 17.3 Å². The Kier molecular flexibility index (Phi) is 4.15. The lowest BCUT2D eigenvalue weighted by Crippen LogP contribution is -2.04. The van der Waals surface area contributed by atoms with Crippen molar-refractivity contribution in [3.8, 4) is 0 Å². The summed E-state index contributed by atoms with van der Waals surface area (Å²) in [6.07, 6.45) is 8.83.